The van der Waals surface area contributed by atoms with Gasteiger partial charge >= 0.3 is 0 Å². The number of rotatable bonds is 1. The van der Waals surface area contributed by atoms with E-state index in [1.165, 1.54) is 18.6 Å². The van der Waals surface area contributed by atoms with Gasteiger partial charge in [-0.2, -0.15) is 0 Å². The number of carbonyl (C=O) groups excluding carboxylic acids is 1. The molecule has 5 nitrogen and oxygen atoms in total. The van der Waals surface area contributed by atoms with E-state index in [-0.39, 0.29) is 5.56 Å². The van der Waals surface area contributed by atoms with Crippen LogP contribution in [0.2, 0.25) is 0 Å². The highest BCUT2D eigenvalue weighted by molar-refractivity contribution is 5.89. The van der Waals surface area contributed by atoms with Crippen LogP contribution < -0.4 is 5.11 Å². The van der Waals surface area contributed by atoms with E-state index in [1.54, 1.807) is 0 Å². The van der Waals surface area contributed by atoms with E-state index >= 15 is 0 Å². The third kappa shape index (κ3) is 0.914. The van der Waals surface area contributed by atoms with Crippen LogP contribution in [0, 0.1) is 0 Å². The molecule has 0 atom stereocenters. The molecule has 0 spiro atoms. The Kier molecular flexibility index (Phi) is 1.30. The molecule has 0 amide bonds. The Balaban J connectivity index is 2.68. The molecule has 0 aliphatic carbocycles. The highest BCUT2D eigenvalue weighted by Crippen LogP contribution is 2.06. The lowest BCUT2D eigenvalue weighted by atomic mass is 10.3. The largest absolute Gasteiger partial charge is 0.545 e. The lowest BCUT2D eigenvalue weighted by Gasteiger charge is -1.99. The maximum Gasteiger partial charge on any atom is 0.177 e. The third-order valence-corrected chi connectivity index (χ3v) is 1.51. The number of imidazole rings is 1. The zero-order chi connectivity index (χ0) is 8.55. The minimum Gasteiger partial charge on any atom is -0.545 e. The van der Waals surface area contributed by atoms with E-state index in [0.29, 0.717) is 11.2 Å². The molecular formula is C7H4N3O2-. The maximum absolute atomic E-state index is 10.4. The highest BCUT2D eigenvalue weighted by Gasteiger charge is 1.99. The summed E-state index contributed by atoms with van der Waals surface area (Å²) in [5.74, 6) is -1.24. The summed E-state index contributed by atoms with van der Waals surface area (Å²) in [7, 11) is 0. The summed E-state index contributed by atoms with van der Waals surface area (Å²) in [5.41, 5.74) is 1.14. The Morgan fingerprint density at radius 2 is 2.33 bits per heavy atom. The van der Waals surface area contributed by atoms with E-state index < -0.39 is 5.97 Å². The van der Waals surface area contributed by atoms with Gasteiger partial charge in [0.1, 0.15) is 0 Å². The van der Waals surface area contributed by atoms with Gasteiger partial charge in [-0.3, -0.25) is 0 Å². The van der Waals surface area contributed by atoms with Crippen molar-refractivity contribution in [1.29, 1.82) is 0 Å². The molecule has 0 unspecified atom stereocenters. The van der Waals surface area contributed by atoms with Crippen molar-refractivity contribution in [2.75, 3.05) is 0 Å². The number of hydrogen-bond acceptors (Lipinski definition) is 4. The van der Waals surface area contributed by atoms with E-state index in [2.05, 4.69) is 15.0 Å². The van der Waals surface area contributed by atoms with Crippen molar-refractivity contribution < 1.29 is 9.90 Å². The standard InChI is InChI=1S/C7H5N3O2/c11-7(12)4-1-5-6(8-2-4)10-3-9-5/h1-3H,(H,11,12)(H,8,9,10)/p-1. The number of nitrogens with zero attached hydrogens (tertiary/aromatic N) is 2. The molecule has 0 fully saturated rings. The number of aromatic amines is 1. The summed E-state index contributed by atoms with van der Waals surface area (Å²) in [4.78, 5) is 20.8. The molecule has 2 heterocycles. The van der Waals surface area contributed by atoms with Crippen molar-refractivity contribution in [3.63, 3.8) is 0 Å². The summed E-state index contributed by atoms with van der Waals surface area (Å²) < 4.78 is 0. The number of pyridine rings is 1. The summed E-state index contributed by atoms with van der Waals surface area (Å²) in [5, 5.41) is 10.4. The monoisotopic (exact) mass is 162 g/mol. The number of carboxylic acids is 1. The molecule has 60 valence electrons. The molecule has 0 radical (unpaired) electrons. The highest BCUT2D eigenvalue weighted by atomic mass is 16.4. The smallest absolute Gasteiger partial charge is 0.177 e. The van der Waals surface area contributed by atoms with Crippen molar-refractivity contribution in [3.05, 3.63) is 24.2 Å². The van der Waals surface area contributed by atoms with Crippen LogP contribution in [-0.4, -0.2) is 20.9 Å². The first-order valence-corrected chi connectivity index (χ1v) is 3.28. The normalized spacial score (nSPS) is 10.3. The SMILES string of the molecule is O=C([O-])c1cnc2nc[nH]c2c1. The Labute approximate surface area is 67.1 Å². The second kappa shape index (κ2) is 2.30. The van der Waals surface area contributed by atoms with Crippen molar-refractivity contribution in [2.45, 2.75) is 0 Å². The van der Waals surface area contributed by atoms with Crippen LogP contribution in [0.25, 0.3) is 11.2 Å². The summed E-state index contributed by atoms with van der Waals surface area (Å²) >= 11 is 0. The van der Waals surface area contributed by atoms with Gasteiger partial charge in [-0.15, -0.1) is 0 Å². The number of aromatic nitrogens is 3. The molecular weight excluding hydrogens is 158 g/mol. The number of fused-ring (bicyclic) bond motifs is 1. The van der Waals surface area contributed by atoms with Crippen molar-refractivity contribution in [2.24, 2.45) is 0 Å². The molecule has 0 aliphatic heterocycles. The van der Waals surface area contributed by atoms with Crippen LogP contribution in [0.5, 0.6) is 0 Å². The molecule has 2 aromatic heterocycles. The summed E-state index contributed by atoms with van der Waals surface area (Å²) in [6.45, 7) is 0. The summed E-state index contributed by atoms with van der Waals surface area (Å²) in [6.07, 6.45) is 2.68. The van der Waals surface area contributed by atoms with Gasteiger partial charge in [-0.1, -0.05) is 0 Å². The number of hydrogen-bond donors (Lipinski definition) is 1. The quantitative estimate of drug-likeness (QED) is 0.602. The molecule has 0 saturated carbocycles. The zero-order valence-electron chi connectivity index (χ0n) is 5.94. The lowest BCUT2D eigenvalue weighted by molar-refractivity contribution is -0.255. The van der Waals surface area contributed by atoms with Crippen LogP contribution in [0.15, 0.2) is 18.6 Å². The van der Waals surface area contributed by atoms with Crippen LogP contribution in [-0.2, 0) is 0 Å². The third-order valence-electron chi connectivity index (χ3n) is 1.51. The Morgan fingerprint density at radius 3 is 3.08 bits per heavy atom. The van der Waals surface area contributed by atoms with Crippen LogP contribution in [0.1, 0.15) is 10.4 Å². The second-order valence-electron chi connectivity index (χ2n) is 2.29. The number of carboxylic acid groups (broad SMARTS) is 1. The lowest BCUT2D eigenvalue weighted by Crippen LogP contribution is -2.22. The van der Waals surface area contributed by atoms with E-state index in [4.69, 9.17) is 0 Å². The first-order valence-electron chi connectivity index (χ1n) is 3.28. The first-order chi connectivity index (χ1) is 5.77. The van der Waals surface area contributed by atoms with Crippen LogP contribution in [0.3, 0.4) is 0 Å². The van der Waals surface area contributed by atoms with Gasteiger partial charge in [0.2, 0.25) is 0 Å². The van der Waals surface area contributed by atoms with Gasteiger partial charge in [0, 0.05) is 11.8 Å². The van der Waals surface area contributed by atoms with Crippen molar-refractivity contribution >= 4 is 17.1 Å². The van der Waals surface area contributed by atoms with Crippen molar-refractivity contribution in [3.8, 4) is 0 Å². The minimum atomic E-state index is -1.24. The fraction of sp³-hybridized carbons (Fsp3) is 0. The molecule has 5 heteroatoms. The number of aromatic carboxylic acids is 1. The van der Waals surface area contributed by atoms with Gasteiger partial charge in [0.05, 0.1) is 17.8 Å². The number of nitrogens with one attached hydrogen (secondary N) is 1. The number of carbonyl (C=O) groups is 1. The van der Waals surface area contributed by atoms with Gasteiger partial charge in [-0.05, 0) is 6.07 Å². The average molecular weight is 162 g/mol. The Bertz CT molecular complexity index is 435. The topological polar surface area (TPSA) is 81.7 Å². The zero-order valence-corrected chi connectivity index (χ0v) is 5.94. The Hall–Kier alpha value is -1.91. The van der Waals surface area contributed by atoms with Gasteiger partial charge in [0.25, 0.3) is 0 Å². The molecule has 2 rings (SSSR count). The minimum absolute atomic E-state index is 0.0479. The number of H-pyrrole nitrogens is 1. The van der Waals surface area contributed by atoms with Gasteiger partial charge < -0.3 is 14.9 Å². The maximum atomic E-state index is 10.4. The molecule has 0 aliphatic rings. The first kappa shape index (κ1) is 6.78. The van der Waals surface area contributed by atoms with E-state index in [9.17, 15) is 9.90 Å². The second-order valence-corrected chi connectivity index (χ2v) is 2.29. The van der Waals surface area contributed by atoms with Crippen LogP contribution >= 0.6 is 0 Å². The van der Waals surface area contributed by atoms with Crippen LogP contribution in [0.4, 0.5) is 0 Å². The molecule has 1 N–H and O–H groups in total. The summed E-state index contributed by atoms with van der Waals surface area (Å²) in [6, 6.07) is 1.44. The predicted octanol–water partition coefficient (Wildman–Crippen LogP) is -0.679. The molecule has 12 heavy (non-hydrogen) atoms. The van der Waals surface area contributed by atoms with Gasteiger partial charge in [-0.25, -0.2) is 9.97 Å². The van der Waals surface area contributed by atoms with E-state index in [1.807, 2.05) is 0 Å². The Morgan fingerprint density at radius 1 is 1.50 bits per heavy atom. The molecule has 2 aromatic rings. The predicted molar refractivity (Wildman–Crippen MR) is 38.2 cm³/mol. The fourth-order valence-corrected chi connectivity index (χ4v) is 0.941. The average Bonchev–Trinajstić information content (AvgIpc) is 2.49. The van der Waals surface area contributed by atoms with Gasteiger partial charge in [0.15, 0.2) is 5.65 Å². The molecule has 0 saturated heterocycles. The molecule has 0 aromatic carbocycles. The fourth-order valence-electron chi connectivity index (χ4n) is 0.941. The van der Waals surface area contributed by atoms with E-state index in [0.717, 1.165) is 0 Å². The van der Waals surface area contributed by atoms with Crippen molar-refractivity contribution in [1.82, 2.24) is 15.0 Å². The molecule has 0 bridgehead atoms.